The molecule has 2 aromatic rings. The van der Waals surface area contributed by atoms with Gasteiger partial charge in [-0.25, -0.2) is 0 Å². The number of phenolic OH excluding ortho intramolecular Hbond substituents is 1. The van der Waals surface area contributed by atoms with E-state index in [2.05, 4.69) is 0 Å². The highest BCUT2D eigenvalue weighted by molar-refractivity contribution is 5.85. The molecule has 3 nitrogen and oxygen atoms in total. The van der Waals surface area contributed by atoms with E-state index in [1.807, 2.05) is 24.3 Å². The fraction of sp³-hybridized carbons (Fsp3) is 0.444. The Hall–Kier alpha value is -1.29. The second-order valence-corrected chi connectivity index (χ2v) is 6.21. The van der Waals surface area contributed by atoms with E-state index in [0.717, 1.165) is 29.2 Å². The van der Waals surface area contributed by atoms with Gasteiger partial charge in [-0.2, -0.15) is 0 Å². The van der Waals surface area contributed by atoms with E-state index in [1.54, 1.807) is 12.1 Å². The highest BCUT2D eigenvalue weighted by atomic mass is 35.5. The lowest BCUT2D eigenvalue weighted by molar-refractivity contribution is 0.0618. The number of aromatic hydroxyl groups is 1. The molecule has 1 fully saturated rings. The highest BCUT2D eigenvalue weighted by Gasteiger charge is 2.27. The van der Waals surface area contributed by atoms with Crippen LogP contribution in [0.3, 0.4) is 0 Å². The first kappa shape index (κ1) is 17.1. The Morgan fingerprint density at radius 1 is 0.955 bits per heavy atom. The number of phenols is 1. The minimum Gasteiger partial charge on any atom is -0.508 e. The lowest BCUT2D eigenvalue weighted by Gasteiger charge is -2.30. The number of rotatable bonds is 3. The van der Waals surface area contributed by atoms with Crippen molar-refractivity contribution >= 4 is 23.2 Å². The largest absolute Gasteiger partial charge is 0.508 e. The summed E-state index contributed by atoms with van der Waals surface area (Å²) in [5.41, 5.74) is 7.26. The average Bonchev–Trinajstić information content (AvgIpc) is 2.53. The monoisotopic (exact) mass is 321 g/mol. The summed E-state index contributed by atoms with van der Waals surface area (Å²) in [7, 11) is 0. The molecule has 2 aromatic carbocycles. The SMILES string of the molecule is Cl.N[C@@H](c1ccc2cc(O)ccc2c1)[C@H](O)C1CCCCC1. The van der Waals surface area contributed by atoms with Crippen molar-refractivity contribution in [3.63, 3.8) is 0 Å². The first-order valence-electron chi connectivity index (χ1n) is 7.81. The minimum absolute atomic E-state index is 0. The zero-order valence-corrected chi connectivity index (χ0v) is 13.4. The van der Waals surface area contributed by atoms with Crippen LogP contribution in [0.4, 0.5) is 0 Å². The van der Waals surface area contributed by atoms with Crippen LogP contribution in [0.25, 0.3) is 10.8 Å². The molecule has 4 heteroatoms. The fourth-order valence-electron chi connectivity index (χ4n) is 3.43. The quantitative estimate of drug-likeness (QED) is 0.803. The van der Waals surface area contributed by atoms with Gasteiger partial charge in [-0.1, -0.05) is 37.5 Å². The fourth-order valence-corrected chi connectivity index (χ4v) is 3.43. The Morgan fingerprint density at radius 3 is 2.32 bits per heavy atom. The molecule has 1 aliphatic rings. The van der Waals surface area contributed by atoms with E-state index in [0.29, 0.717) is 5.92 Å². The van der Waals surface area contributed by atoms with Gasteiger partial charge in [0.2, 0.25) is 0 Å². The van der Waals surface area contributed by atoms with Crippen molar-refractivity contribution in [3.8, 4) is 5.75 Å². The van der Waals surface area contributed by atoms with Crippen LogP contribution in [0.5, 0.6) is 5.75 Å². The van der Waals surface area contributed by atoms with Crippen LogP contribution < -0.4 is 5.73 Å². The standard InChI is InChI=1S/C18H23NO2.ClH/c19-17(18(21)12-4-2-1-3-5-12)15-7-6-14-11-16(20)9-8-13(14)10-15;/h6-12,17-18,20-21H,1-5,19H2;1H/t17-,18+;/m0./s1. The predicted molar refractivity (Wildman–Crippen MR) is 92.4 cm³/mol. The maximum absolute atomic E-state index is 10.5. The number of hydrogen-bond acceptors (Lipinski definition) is 3. The molecule has 120 valence electrons. The van der Waals surface area contributed by atoms with Crippen LogP contribution in [-0.4, -0.2) is 16.3 Å². The molecule has 0 bridgehead atoms. The number of hydrogen-bond donors (Lipinski definition) is 3. The molecular weight excluding hydrogens is 298 g/mol. The lowest BCUT2D eigenvalue weighted by atomic mass is 9.81. The third kappa shape index (κ3) is 3.54. The second-order valence-electron chi connectivity index (χ2n) is 6.21. The maximum atomic E-state index is 10.5. The summed E-state index contributed by atoms with van der Waals surface area (Å²) in [6, 6.07) is 10.9. The summed E-state index contributed by atoms with van der Waals surface area (Å²) in [6.45, 7) is 0. The van der Waals surface area contributed by atoms with Crippen LogP contribution >= 0.6 is 12.4 Å². The van der Waals surface area contributed by atoms with Gasteiger partial charge in [0.05, 0.1) is 12.1 Å². The predicted octanol–water partition coefficient (Wildman–Crippen LogP) is 3.91. The van der Waals surface area contributed by atoms with Gasteiger partial charge in [-0.05, 0) is 53.3 Å². The molecule has 3 rings (SSSR count). The third-order valence-electron chi connectivity index (χ3n) is 4.73. The molecule has 0 heterocycles. The normalized spacial score (nSPS) is 18.6. The zero-order valence-electron chi connectivity index (χ0n) is 12.6. The van der Waals surface area contributed by atoms with Crippen LogP contribution in [-0.2, 0) is 0 Å². The molecule has 0 spiro atoms. The molecule has 0 unspecified atom stereocenters. The summed E-state index contributed by atoms with van der Waals surface area (Å²) in [4.78, 5) is 0. The second kappa shape index (κ2) is 7.32. The number of halogens is 1. The third-order valence-corrected chi connectivity index (χ3v) is 4.73. The van der Waals surface area contributed by atoms with Gasteiger partial charge in [-0.3, -0.25) is 0 Å². The molecule has 0 amide bonds. The number of fused-ring (bicyclic) bond motifs is 1. The Balaban J connectivity index is 0.00000176. The van der Waals surface area contributed by atoms with Crippen molar-refractivity contribution < 1.29 is 10.2 Å². The van der Waals surface area contributed by atoms with Gasteiger partial charge in [0.25, 0.3) is 0 Å². The molecule has 0 aliphatic heterocycles. The van der Waals surface area contributed by atoms with Crippen molar-refractivity contribution in [2.75, 3.05) is 0 Å². The summed E-state index contributed by atoms with van der Waals surface area (Å²) in [5, 5.41) is 22.1. The van der Waals surface area contributed by atoms with Gasteiger partial charge in [0, 0.05) is 0 Å². The summed E-state index contributed by atoms with van der Waals surface area (Å²) in [5.74, 6) is 0.589. The van der Waals surface area contributed by atoms with Crippen molar-refractivity contribution in [1.29, 1.82) is 0 Å². The van der Waals surface area contributed by atoms with Crippen molar-refractivity contribution in [3.05, 3.63) is 42.0 Å². The molecule has 22 heavy (non-hydrogen) atoms. The first-order valence-corrected chi connectivity index (χ1v) is 7.81. The average molecular weight is 322 g/mol. The molecule has 1 saturated carbocycles. The Morgan fingerprint density at radius 2 is 1.59 bits per heavy atom. The van der Waals surface area contributed by atoms with Gasteiger partial charge in [0.15, 0.2) is 0 Å². The lowest BCUT2D eigenvalue weighted by Crippen LogP contribution is -2.34. The van der Waals surface area contributed by atoms with Crippen molar-refractivity contribution in [2.45, 2.75) is 44.2 Å². The maximum Gasteiger partial charge on any atom is 0.116 e. The molecular formula is C18H24ClNO2. The van der Waals surface area contributed by atoms with E-state index in [1.165, 1.54) is 19.3 Å². The molecule has 2 atom stereocenters. The number of benzene rings is 2. The van der Waals surface area contributed by atoms with Gasteiger partial charge in [-0.15, -0.1) is 12.4 Å². The van der Waals surface area contributed by atoms with Gasteiger partial charge in [0.1, 0.15) is 5.75 Å². The Kier molecular flexibility index (Phi) is 5.68. The summed E-state index contributed by atoms with van der Waals surface area (Å²) >= 11 is 0. The molecule has 0 aromatic heterocycles. The molecule has 0 radical (unpaired) electrons. The van der Waals surface area contributed by atoms with Crippen LogP contribution in [0.15, 0.2) is 36.4 Å². The Labute approximate surface area is 137 Å². The van der Waals surface area contributed by atoms with Crippen LogP contribution in [0.1, 0.15) is 43.7 Å². The smallest absolute Gasteiger partial charge is 0.116 e. The Bertz CT molecular complexity index is 626. The molecule has 0 saturated heterocycles. The summed E-state index contributed by atoms with van der Waals surface area (Å²) < 4.78 is 0. The van der Waals surface area contributed by atoms with E-state index in [4.69, 9.17) is 5.73 Å². The molecule has 1 aliphatic carbocycles. The topological polar surface area (TPSA) is 66.5 Å². The van der Waals surface area contributed by atoms with Crippen LogP contribution in [0, 0.1) is 5.92 Å². The number of nitrogens with two attached hydrogens (primary N) is 1. The van der Waals surface area contributed by atoms with E-state index in [-0.39, 0.29) is 24.2 Å². The van der Waals surface area contributed by atoms with Crippen molar-refractivity contribution in [2.24, 2.45) is 11.7 Å². The van der Waals surface area contributed by atoms with E-state index >= 15 is 0 Å². The first-order chi connectivity index (χ1) is 10.1. The highest BCUT2D eigenvalue weighted by Crippen LogP contribution is 2.32. The summed E-state index contributed by atoms with van der Waals surface area (Å²) in [6.07, 6.45) is 5.36. The van der Waals surface area contributed by atoms with Gasteiger partial charge >= 0.3 is 0 Å². The molecule has 4 N–H and O–H groups in total. The zero-order chi connectivity index (χ0) is 14.8. The van der Waals surface area contributed by atoms with Crippen molar-refractivity contribution in [1.82, 2.24) is 0 Å². The minimum atomic E-state index is -0.472. The van der Waals surface area contributed by atoms with Gasteiger partial charge < -0.3 is 15.9 Å². The van der Waals surface area contributed by atoms with E-state index < -0.39 is 6.10 Å². The number of aliphatic hydroxyl groups is 1. The number of aliphatic hydroxyl groups excluding tert-OH is 1. The van der Waals surface area contributed by atoms with E-state index in [9.17, 15) is 10.2 Å². The van der Waals surface area contributed by atoms with Crippen LogP contribution in [0.2, 0.25) is 0 Å².